The molecular weight excluding hydrogens is 473 g/mol. The van der Waals surface area contributed by atoms with Crippen LogP contribution in [-0.4, -0.2) is 70.3 Å². The topological polar surface area (TPSA) is 87.9 Å². The molecule has 1 aromatic carbocycles. The Labute approximate surface area is 196 Å². The highest BCUT2D eigenvalue weighted by molar-refractivity contribution is 7.88. The third-order valence-electron chi connectivity index (χ3n) is 5.67. The maximum Gasteiger partial charge on any atom is 0.274 e. The van der Waals surface area contributed by atoms with Crippen molar-refractivity contribution in [1.82, 2.24) is 23.6 Å². The monoisotopic (exact) mass is 495 g/mol. The fraction of sp³-hybridized carbons (Fsp3) is 0.381. The molecule has 0 spiro atoms. The number of piperazine rings is 1. The first-order valence-corrected chi connectivity index (χ1v) is 12.8. The Morgan fingerprint density at radius 3 is 2.41 bits per heavy atom. The summed E-state index contributed by atoms with van der Waals surface area (Å²) in [7, 11) is -3.27. The molecule has 3 aromatic rings. The molecule has 1 saturated heterocycles. The number of benzene rings is 1. The van der Waals surface area contributed by atoms with Gasteiger partial charge in [-0.3, -0.25) is 9.20 Å². The van der Waals surface area contributed by atoms with Crippen molar-refractivity contribution in [3.8, 4) is 11.3 Å². The predicted octanol–water partition coefficient (Wildman–Crippen LogP) is 3.29. The zero-order valence-corrected chi connectivity index (χ0v) is 20.3. The molecule has 8 nitrogen and oxygen atoms in total. The molecule has 4 rings (SSSR count). The van der Waals surface area contributed by atoms with E-state index in [0.29, 0.717) is 28.9 Å². The molecule has 11 heteroatoms. The summed E-state index contributed by atoms with van der Waals surface area (Å²) < 4.78 is 26.7. The van der Waals surface area contributed by atoms with E-state index in [-0.39, 0.29) is 24.7 Å². The number of fused-ring (bicyclic) bond motifs is 1. The Balaban J connectivity index is 1.75. The number of carbonyl (C=O) groups excluding carboxylic acids is 1. The Morgan fingerprint density at radius 2 is 1.81 bits per heavy atom. The molecule has 0 bridgehead atoms. The summed E-state index contributed by atoms with van der Waals surface area (Å²) in [6.45, 7) is 5.09. The van der Waals surface area contributed by atoms with Crippen LogP contribution in [0.1, 0.15) is 28.7 Å². The lowest BCUT2D eigenvalue weighted by atomic mass is 10.0. The molecule has 1 aliphatic rings. The standard InChI is InChI=1S/C21H23Cl2N5O3S/c1-4-15-13(2)24-21-25-18(20(29)26-7-9-27(10-8-26)32(3,30)31)12-28(21)19(15)16-6-5-14(22)11-17(16)23/h5-6,11-12H,4,7-10H2,1-3H3. The summed E-state index contributed by atoms with van der Waals surface area (Å²) >= 11 is 12.6. The number of nitrogens with zero attached hydrogens (tertiary/aromatic N) is 5. The Kier molecular flexibility index (Phi) is 6.19. The molecule has 170 valence electrons. The molecule has 3 heterocycles. The number of halogens is 2. The summed E-state index contributed by atoms with van der Waals surface area (Å²) in [4.78, 5) is 23.8. The number of imidazole rings is 1. The van der Waals surface area contributed by atoms with Gasteiger partial charge in [0.2, 0.25) is 15.8 Å². The lowest BCUT2D eigenvalue weighted by molar-refractivity contribution is 0.0693. The summed E-state index contributed by atoms with van der Waals surface area (Å²) in [5.74, 6) is 0.145. The first-order chi connectivity index (χ1) is 15.1. The molecular formula is C21H23Cl2N5O3S. The van der Waals surface area contributed by atoms with Gasteiger partial charge in [0, 0.05) is 48.7 Å². The van der Waals surface area contributed by atoms with Crippen molar-refractivity contribution in [3.05, 3.63) is 51.4 Å². The minimum atomic E-state index is -3.27. The average molecular weight is 496 g/mol. The van der Waals surface area contributed by atoms with E-state index >= 15 is 0 Å². The molecule has 0 N–H and O–H groups in total. The molecule has 0 radical (unpaired) electrons. The molecule has 32 heavy (non-hydrogen) atoms. The molecule has 0 atom stereocenters. The van der Waals surface area contributed by atoms with Crippen molar-refractivity contribution in [2.24, 2.45) is 0 Å². The van der Waals surface area contributed by atoms with E-state index in [2.05, 4.69) is 9.97 Å². The summed E-state index contributed by atoms with van der Waals surface area (Å²) in [6.07, 6.45) is 3.57. The van der Waals surface area contributed by atoms with Crippen molar-refractivity contribution in [2.75, 3.05) is 32.4 Å². The van der Waals surface area contributed by atoms with Gasteiger partial charge >= 0.3 is 0 Å². The van der Waals surface area contributed by atoms with Gasteiger partial charge in [-0.25, -0.2) is 18.4 Å². The van der Waals surface area contributed by atoms with Crippen LogP contribution in [0.3, 0.4) is 0 Å². The predicted molar refractivity (Wildman–Crippen MR) is 125 cm³/mol. The van der Waals surface area contributed by atoms with Crippen molar-refractivity contribution < 1.29 is 13.2 Å². The van der Waals surface area contributed by atoms with E-state index in [4.69, 9.17) is 23.2 Å². The first kappa shape index (κ1) is 23.0. The lowest BCUT2D eigenvalue weighted by Gasteiger charge is -2.32. The van der Waals surface area contributed by atoms with Gasteiger partial charge in [0.25, 0.3) is 5.91 Å². The molecule has 0 saturated carbocycles. The highest BCUT2D eigenvalue weighted by Crippen LogP contribution is 2.34. The van der Waals surface area contributed by atoms with Gasteiger partial charge in [-0.15, -0.1) is 0 Å². The number of sulfonamides is 1. The van der Waals surface area contributed by atoms with Gasteiger partial charge < -0.3 is 4.90 Å². The van der Waals surface area contributed by atoms with Crippen molar-refractivity contribution >= 4 is 44.9 Å². The average Bonchev–Trinajstić information content (AvgIpc) is 3.15. The number of aryl methyl sites for hydroxylation is 1. The fourth-order valence-corrected chi connectivity index (χ4v) is 5.36. The van der Waals surface area contributed by atoms with Crippen LogP contribution in [0.2, 0.25) is 10.0 Å². The molecule has 1 amide bonds. The normalized spacial score (nSPS) is 15.5. The minimum absolute atomic E-state index is 0.254. The second-order valence-electron chi connectivity index (χ2n) is 7.75. The van der Waals surface area contributed by atoms with Crippen LogP contribution in [-0.2, 0) is 16.4 Å². The molecule has 0 aliphatic carbocycles. The van der Waals surface area contributed by atoms with E-state index in [0.717, 1.165) is 28.9 Å². The second-order valence-corrected chi connectivity index (χ2v) is 10.6. The van der Waals surface area contributed by atoms with E-state index in [1.54, 1.807) is 27.6 Å². The van der Waals surface area contributed by atoms with Gasteiger partial charge in [0.15, 0.2) is 0 Å². The van der Waals surface area contributed by atoms with Crippen molar-refractivity contribution in [2.45, 2.75) is 20.3 Å². The number of rotatable bonds is 4. The van der Waals surface area contributed by atoms with Gasteiger partial charge in [-0.1, -0.05) is 30.1 Å². The zero-order chi connectivity index (χ0) is 23.2. The van der Waals surface area contributed by atoms with Crippen LogP contribution >= 0.6 is 23.2 Å². The minimum Gasteiger partial charge on any atom is -0.335 e. The smallest absolute Gasteiger partial charge is 0.274 e. The largest absolute Gasteiger partial charge is 0.335 e. The molecule has 1 fully saturated rings. The first-order valence-electron chi connectivity index (χ1n) is 10.2. The van der Waals surface area contributed by atoms with Gasteiger partial charge in [-0.05, 0) is 37.1 Å². The van der Waals surface area contributed by atoms with E-state index in [1.807, 2.05) is 19.9 Å². The Bertz CT molecular complexity index is 1310. The third kappa shape index (κ3) is 4.22. The van der Waals surface area contributed by atoms with Crippen LogP contribution in [0.15, 0.2) is 24.4 Å². The molecule has 1 aliphatic heterocycles. The number of hydrogen-bond acceptors (Lipinski definition) is 5. The second kappa shape index (κ2) is 8.62. The fourth-order valence-electron chi connectivity index (χ4n) is 4.03. The van der Waals surface area contributed by atoms with Crippen LogP contribution in [0.25, 0.3) is 17.0 Å². The number of amides is 1. The Hall–Kier alpha value is -2.20. The van der Waals surface area contributed by atoms with E-state index in [1.165, 1.54) is 10.6 Å². The van der Waals surface area contributed by atoms with Gasteiger partial charge in [-0.2, -0.15) is 4.31 Å². The SMILES string of the molecule is CCc1c(C)nc2nc(C(=O)N3CCN(S(C)(=O)=O)CC3)cn2c1-c1ccc(Cl)cc1Cl. The number of carbonyl (C=O) groups is 1. The quantitative estimate of drug-likeness (QED) is 0.553. The molecule has 2 aromatic heterocycles. The zero-order valence-electron chi connectivity index (χ0n) is 18.0. The maximum absolute atomic E-state index is 13.1. The lowest BCUT2D eigenvalue weighted by Crippen LogP contribution is -2.50. The number of aromatic nitrogens is 3. The van der Waals surface area contributed by atoms with E-state index < -0.39 is 10.0 Å². The highest BCUT2D eigenvalue weighted by atomic mass is 35.5. The number of hydrogen-bond donors (Lipinski definition) is 0. The van der Waals surface area contributed by atoms with E-state index in [9.17, 15) is 13.2 Å². The van der Waals surface area contributed by atoms with Crippen LogP contribution in [0, 0.1) is 6.92 Å². The van der Waals surface area contributed by atoms with Crippen LogP contribution in [0.4, 0.5) is 0 Å². The molecule has 0 unspecified atom stereocenters. The Morgan fingerprint density at radius 1 is 1.12 bits per heavy atom. The van der Waals surface area contributed by atoms with Crippen LogP contribution in [0.5, 0.6) is 0 Å². The third-order valence-corrected chi connectivity index (χ3v) is 7.52. The van der Waals surface area contributed by atoms with Gasteiger partial charge in [0.05, 0.1) is 17.0 Å². The highest BCUT2D eigenvalue weighted by Gasteiger charge is 2.28. The maximum atomic E-state index is 13.1. The van der Waals surface area contributed by atoms with Gasteiger partial charge in [0.1, 0.15) is 5.69 Å². The summed E-state index contributed by atoms with van der Waals surface area (Å²) in [5.41, 5.74) is 3.67. The van der Waals surface area contributed by atoms with Crippen molar-refractivity contribution in [3.63, 3.8) is 0 Å². The summed E-state index contributed by atoms with van der Waals surface area (Å²) in [6, 6.07) is 5.31. The van der Waals surface area contributed by atoms with Crippen LogP contribution < -0.4 is 0 Å². The van der Waals surface area contributed by atoms with Crippen molar-refractivity contribution in [1.29, 1.82) is 0 Å². The summed E-state index contributed by atoms with van der Waals surface area (Å²) in [5, 5.41) is 1.03.